The second-order valence-electron chi connectivity index (χ2n) is 8.31. The predicted molar refractivity (Wildman–Crippen MR) is 82.4 cm³/mol. The largest absolute Gasteiger partial charge is 0.393 e. The van der Waals surface area contributed by atoms with E-state index in [0.29, 0.717) is 5.71 Å². The normalized spacial score (nSPS) is 47.0. The summed E-state index contributed by atoms with van der Waals surface area (Å²) in [5.41, 5.74) is 5.67. The van der Waals surface area contributed by atoms with Gasteiger partial charge in [0, 0.05) is 11.8 Å². The van der Waals surface area contributed by atoms with Gasteiger partial charge in [0.15, 0.2) is 0 Å². The Morgan fingerprint density at radius 1 is 1.15 bits per heavy atom. The maximum absolute atomic E-state index is 10.7. The SMILES string of the molecule is CC1C2C(=N)C(=N)C(C)(N)C(C)(C)C2[C@H](O)CC1(C)C. The summed E-state index contributed by atoms with van der Waals surface area (Å²) in [5.74, 6) is 0.133. The molecule has 0 radical (unpaired) electrons. The highest BCUT2D eigenvalue weighted by molar-refractivity contribution is 6.44. The number of fused-ring (bicyclic) bond motifs is 1. The van der Waals surface area contributed by atoms with Crippen LogP contribution in [0.4, 0.5) is 0 Å². The lowest BCUT2D eigenvalue weighted by molar-refractivity contribution is -0.0997. The number of hydrogen-bond acceptors (Lipinski definition) is 4. The van der Waals surface area contributed by atoms with Gasteiger partial charge in [0.2, 0.25) is 0 Å². The highest BCUT2D eigenvalue weighted by Gasteiger charge is 2.62. The fourth-order valence-electron chi connectivity index (χ4n) is 4.36. The van der Waals surface area contributed by atoms with Crippen LogP contribution in [-0.4, -0.2) is 28.2 Å². The highest BCUT2D eigenvalue weighted by atomic mass is 16.3. The summed E-state index contributed by atoms with van der Waals surface area (Å²) in [6.45, 7) is 12.4. The quantitative estimate of drug-likeness (QED) is 0.548. The summed E-state index contributed by atoms with van der Waals surface area (Å²) >= 11 is 0. The number of nitrogens with one attached hydrogen (secondary N) is 2. The Balaban J connectivity index is 2.59. The van der Waals surface area contributed by atoms with E-state index in [-0.39, 0.29) is 28.9 Å². The van der Waals surface area contributed by atoms with Gasteiger partial charge in [-0.1, -0.05) is 34.6 Å². The smallest absolute Gasteiger partial charge is 0.0725 e. The molecule has 0 amide bonds. The Morgan fingerprint density at radius 2 is 1.65 bits per heavy atom. The topological polar surface area (TPSA) is 94.0 Å². The molecule has 4 heteroatoms. The van der Waals surface area contributed by atoms with Crippen LogP contribution in [0.5, 0.6) is 0 Å². The summed E-state index contributed by atoms with van der Waals surface area (Å²) in [6.07, 6.45) is 0.271. The Bertz CT molecular complexity index is 464. The summed E-state index contributed by atoms with van der Waals surface area (Å²) < 4.78 is 0. The second kappa shape index (κ2) is 4.14. The first-order valence-corrected chi connectivity index (χ1v) is 7.50. The van der Waals surface area contributed by atoms with Gasteiger partial charge in [-0.2, -0.15) is 0 Å². The fourth-order valence-corrected chi connectivity index (χ4v) is 4.36. The van der Waals surface area contributed by atoms with E-state index in [1.54, 1.807) is 0 Å². The molecule has 0 heterocycles. The van der Waals surface area contributed by atoms with Gasteiger partial charge < -0.3 is 21.7 Å². The van der Waals surface area contributed by atoms with Crippen molar-refractivity contribution in [3.63, 3.8) is 0 Å². The molecule has 0 aromatic heterocycles. The van der Waals surface area contributed by atoms with Crippen molar-refractivity contribution < 1.29 is 5.11 Å². The number of nitrogens with two attached hydrogens (primary N) is 1. The highest BCUT2D eigenvalue weighted by Crippen LogP contribution is 2.57. The van der Waals surface area contributed by atoms with Crippen molar-refractivity contribution in [3.8, 4) is 0 Å². The van der Waals surface area contributed by atoms with Crippen molar-refractivity contribution in [1.82, 2.24) is 0 Å². The first-order valence-electron chi connectivity index (χ1n) is 7.50. The molecule has 4 nitrogen and oxygen atoms in total. The number of aliphatic hydroxyl groups is 1. The van der Waals surface area contributed by atoms with Gasteiger partial charge in [0.1, 0.15) is 0 Å². The number of aliphatic hydroxyl groups excluding tert-OH is 1. The van der Waals surface area contributed by atoms with Crippen LogP contribution < -0.4 is 5.73 Å². The minimum Gasteiger partial charge on any atom is -0.393 e. The van der Waals surface area contributed by atoms with Crippen LogP contribution in [-0.2, 0) is 0 Å². The maximum atomic E-state index is 10.7. The van der Waals surface area contributed by atoms with Crippen LogP contribution in [0.15, 0.2) is 0 Å². The molecular formula is C16H29N3O. The van der Waals surface area contributed by atoms with Gasteiger partial charge in [-0.05, 0) is 30.1 Å². The van der Waals surface area contributed by atoms with Crippen LogP contribution in [0.3, 0.4) is 0 Å². The molecule has 0 saturated heterocycles. The first-order chi connectivity index (χ1) is 8.85. The van der Waals surface area contributed by atoms with E-state index in [2.05, 4.69) is 20.8 Å². The predicted octanol–water partition coefficient (Wildman–Crippen LogP) is 2.44. The standard InChI is InChI=1S/C16H29N3O/c1-8-10-11(9(20)7-14(8,2)3)15(4,5)16(6,19)13(18)12(10)17/h8-11,17-18,20H,7,19H2,1-6H3/t8?,9-,10?,11?,16?/m1/s1. The molecule has 0 bridgehead atoms. The van der Waals surface area contributed by atoms with Crippen LogP contribution in [0.25, 0.3) is 0 Å². The summed E-state index contributed by atoms with van der Waals surface area (Å²) in [4.78, 5) is 0. The van der Waals surface area contributed by atoms with Gasteiger partial charge in [-0.3, -0.25) is 0 Å². The van der Waals surface area contributed by atoms with Crippen molar-refractivity contribution >= 4 is 11.4 Å². The molecular weight excluding hydrogens is 250 g/mol. The molecule has 0 aliphatic heterocycles. The molecule has 2 saturated carbocycles. The Morgan fingerprint density at radius 3 is 2.15 bits per heavy atom. The van der Waals surface area contributed by atoms with Crippen molar-refractivity contribution in [2.45, 2.75) is 59.6 Å². The Labute approximate surface area is 122 Å². The lowest BCUT2D eigenvalue weighted by Gasteiger charge is -2.61. The van der Waals surface area contributed by atoms with Crippen molar-refractivity contribution in [2.75, 3.05) is 0 Å². The van der Waals surface area contributed by atoms with E-state index < -0.39 is 17.1 Å². The van der Waals surface area contributed by atoms with Crippen LogP contribution in [0.1, 0.15) is 48.0 Å². The Hall–Kier alpha value is -0.740. The van der Waals surface area contributed by atoms with E-state index in [0.717, 1.165) is 6.42 Å². The number of hydrogen-bond donors (Lipinski definition) is 4. The van der Waals surface area contributed by atoms with Crippen LogP contribution in [0.2, 0.25) is 0 Å². The molecule has 2 rings (SSSR count). The van der Waals surface area contributed by atoms with Crippen LogP contribution >= 0.6 is 0 Å². The van der Waals surface area contributed by atoms with E-state index >= 15 is 0 Å². The van der Waals surface area contributed by atoms with Gasteiger partial charge in [0.05, 0.1) is 23.1 Å². The second-order valence-corrected chi connectivity index (χ2v) is 8.31. The third-order valence-corrected chi connectivity index (χ3v) is 6.60. The van der Waals surface area contributed by atoms with Crippen molar-refractivity contribution in [2.24, 2.45) is 34.3 Å². The maximum Gasteiger partial charge on any atom is 0.0725 e. The van der Waals surface area contributed by atoms with E-state index in [1.807, 2.05) is 20.8 Å². The van der Waals surface area contributed by atoms with Crippen molar-refractivity contribution in [1.29, 1.82) is 10.8 Å². The Kier molecular flexibility index (Phi) is 3.24. The monoisotopic (exact) mass is 279 g/mol. The molecule has 0 spiro atoms. The third kappa shape index (κ3) is 1.74. The molecule has 2 aliphatic rings. The van der Waals surface area contributed by atoms with Gasteiger partial charge in [-0.15, -0.1) is 0 Å². The molecule has 5 N–H and O–H groups in total. The minimum absolute atomic E-state index is 0.0222. The summed E-state index contributed by atoms with van der Waals surface area (Å²) in [6, 6.07) is 0. The van der Waals surface area contributed by atoms with Gasteiger partial charge >= 0.3 is 0 Å². The molecule has 2 aliphatic carbocycles. The molecule has 0 aromatic carbocycles. The first kappa shape index (κ1) is 15.6. The summed E-state index contributed by atoms with van der Waals surface area (Å²) in [7, 11) is 0. The number of rotatable bonds is 0. The zero-order valence-corrected chi connectivity index (χ0v) is 13.5. The zero-order chi connectivity index (χ0) is 15.7. The molecule has 5 atom stereocenters. The van der Waals surface area contributed by atoms with Gasteiger partial charge in [-0.25, -0.2) is 0 Å². The van der Waals surface area contributed by atoms with E-state index in [4.69, 9.17) is 16.6 Å². The third-order valence-electron chi connectivity index (χ3n) is 6.60. The van der Waals surface area contributed by atoms with Gasteiger partial charge in [0.25, 0.3) is 0 Å². The van der Waals surface area contributed by atoms with Crippen LogP contribution in [0, 0.1) is 39.4 Å². The average Bonchev–Trinajstić information content (AvgIpc) is 2.28. The zero-order valence-electron chi connectivity index (χ0n) is 13.5. The lowest BCUT2D eigenvalue weighted by atomic mass is 9.45. The molecule has 4 unspecified atom stereocenters. The lowest BCUT2D eigenvalue weighted by Crippen LogP contribution is -2.71. The fraction of sp³-hybridized carbons (Fsp3) is 0.875. The minimum atomic E-state index is -0.868. The molecule has 0 aromatic rings. The van der Waals surface area contributed by atoms with E-state index in [9.17, 15) is 5.11 Å². The van der Waals surface area contributed by atoms with E-state index in [1.165, 1.54) is 0 Å². The summed E-state index contributed by atoms with van der Waals surface area (Å²) in [5, 5.41) is 27.5. The average molecular weight is 279 g/mol. The molecule has 114 valence electrons. The van der Waals surface area contributed by atoms with Crippen molar-refractivity contribution in [3.05, 3.63) is 0 Å². The molecule has 20 heavy (non-hydrogen) atoms. The molecule has 2 fully saturated rings.